The molecule has 2 amide bonds. The molecule has 1 atom stereocenters. The number of hydrogen-bond donors (Lipinski definition) is 1. The summed E-state index contributed by atoms with van der Waals surface area (Å²) in [6.07, 6.45) is 1.39. The molecule has 0 aromatic heterocycles. The molecular formula is C21H18F2N4O2S. The van der Waals surface area contributed by atoms with Gasteiger partial charge in [-0.2, -0.15) is 4.99 Å². The fourth-order valence-corrected chi connectivity index (χ4v) is 4.21. The monoisotopic (exact) mass is 428 g/mol. The van der Waals surface area contributed by atoms with E-state index in [9.17, 15) is 18.4 Å². The van der Waals surface area contributed by atoms with Gasteiger partial charge in [-0.1, -0.05) is 37.2 Å². The second-order valence-electron chi connectivity index (χ2n) is 6.82. The molecule has 0 fully saturated rings. The Morgan fingerprint density at radius 2 is 2.00 bits per heavy atom. The van der Waals surface area contributed by atoms with E-state index in [0.29, 0.717) is 23.1 Å². The summed E-state index contributed by atoms with van der Waals surface area (Å²) in [6, 6.07) is 9.75. The van der Waals surface area contributed by atoms with Crippen molar-refractivity contribution in [2.75, 3.05) is 11.1 Å². The predicted molar refractivity (Wildman–Crippen MR) is 113 cm³/mol. The number of anilines is 1. The van der Waals surface area contributed by atoms with Gasteiger partial charge in [0.05, 0.1) is 17.1 Å². The number of amidine groups is 2. The SMILES string of the molecule is CCCC1C(=O)N=C2c3ccccc3N=C(SCC(=O)Nc3cc(F)ccc3F)N21. The lowest BCUT2D eigenvalue weighted by atomic mass is 10.1. The first-order valence-electron chi connectivity index (χ1n) is 9.45. The molecule has 0 spiro atoms. The van der Waals surface area contributed by atoms with Crippen LogP contribution in [-0.4, -0.2) is 39.5 Å². The number of rotatable bonds is 5. The predicted octanol–water partition coefficient (Wildman–Crippen LogP) is 4.10. The van der Waals surface area contributed by atoms with Crippen molar-refractivity contribution in [3.63, 3.8) is 0 Å². The lowest BCUT2D eigenvalue weighted by Crippen LogP contribution is -2.43. The van der Waals surface area contributed by atoms with E-state index in [1.807, 2.05) is 31.2 Å². The molecule has 0 aliphatic carbocycles. The number of amides is 2. The number of thioether (sulfide) groups is 1. The number of carbonyl (C=O) groups excluding carboxylic acids is 2. The Morgan fingerprint density at radius 3 is 2.80 bits per heavy atom. The van der Waals surface area contributed by atoms with E-state index in [0.717, 1.165) is 41.9 Å². The van der Waals surface area contributed by atoms with Crippen molar-refractivity contribution >= 4 is 46.0 Å². The van der Waals surface area contributed by atoms with Crippen LogP contribution in [0.5, 0.6) is 0 Å². The molecule has 1 N–H and O–H groups in total. The zero-order valence-corrected chi connectivity index (χ0v) is 16.9. The molecule has 2 heterocycles. The van der Waals surface area contributed by atoms with Gasteiger partial charge in [-0.3, -0.25) is 14.5 Å². The molecule has 0 bridgehead atoms. The molecular weight excluding hydrogens is 410 g/mol. The number of fused-ring (bicyclic) bond motifs is 3. The Hall–Kier alpha value is -3.07. The molecule has 30 heavy (non-hydrogen) atoms. The standard InChI is InChI=1S/C21H18F2N4O2S/c1-2-5-17-20(29)26-19-13-6-3-4-7-15(13)25-21(27(17)19)30-11-18(28)24-16-10-12(22)8-9-14(16)23/h3-4,6-10,17H,2,5,11H2,1H3,(H,24,28). The van der Waals surface area contributed by atoms with E-state index >= 15 is 0 Å². The van der Waals surface area contributed by atoms with E-state index in [2.05, 4.69) is 15.3 Å². The van der Waals surface area contributed by atoms with Gasteiger partial charge >= 0.3 is 0 Å². The van der Waals surface area contributed by atoms with Crippen molar-refractivity contribution in [2.45, 2.75) is 25.8 Å². The van der Waals surface area contributed by atoms with Crippen LogP contribution >= 0.6 is 11.8 Å². The number of halogens is 2. The van der Waals surface area contributed by atoms with Gasteiger partial charge in [-0.25, -0.2) is 13.8 Å². The van der Waals surface area contributed by atoms with E-state index in [1.165, 1.54) is 0 Å². The largest absolute Gasteiger partial charge is 0.323 e. The fourth-order valence-electron chi connectivity index (χ4n) is 3.36. The summed E-state index contributed by atoms with van der Waals surface area (Å²) in [5.41, 5.74) is 1.20. The third kappa shape index (κ3) is 3.85. The Balaban J connectivity index is 1.56. The van der Waals surface area contributed by atoms with Gasteiger partial charge in [-0.05, 0) is 30.7 Å². The number of benzene rings is 2. The van der Waals surface area contributed by atoms with Crippen molar-refractivity contribution in [2.24, 2.45) is 9.98 Å². The maximum atomic E-state index is 13.8. The molecule has 2 aliphatic heterocycles. The smallest absolute Gasteiger partial charge is 0.270 e. The molecule has 0 saturated heterocycles. The number of aliphatic imine (C=N–C) groups is 2. The van der Waals surface area contributed by atoms with Gasteiger partial charge in [0, 0.05) is 11.6 Å². The van der Waals surface area contributed by atoms with Crippen molar-refractivity contribution in [3.05, 3.63) is 59.7 Å². The van der Waals surface area contributed by atoms with Crippen molar-refractivity contribution in [1.29, 1.82) is 0 Å². The summed E-state index contributed by atoms with van der Waals surface area (Å²) in [5.74, 6) is -1.67. The molecule has 154 valence electrons. The Kier molecular flexibility index (Phi) is 5.63. The van der Waals surface area contributed by atoms with Gasteiger partial charge < -0.3 is 5.32 Å². The van der Waals surface area contributed by atoms with E-state index in [4.69, 9.17) is 0 Å². The topological polar surface area (TPSA) is 74.1 Å². The first kappa shape index (κ1) is 20.2. The second-order valence-corrected chi connectivity index (χ2v) is 7.76. The van der Waals surface area contributed by atoms with Crippen LogP contribution in [0.3, 0.4) is 0 Å². The summed E-state index contributed by atoms with van der Waals surface area (Å²) in [7, 11) is 0. The summed E-state index contributed by atoms with van der Waals surface area (Å²) in [5, 5.41) is 2.85. The highest BCUT2D eigenvalue weighted by atomic mass is 32.2. The number of carbonyl (C=O) groups is 2. The number of nitrogens with one attached hydrogen (secondary N) is 1. The summed E-state index contributed by atoms with van der Waals surface area (Å²) in [6.45, 7) is 1.98. The lowest BCUT2D eigenvalue weighted by Gasteiger charge is -2.30. The van der Waals surface area contributed by atoms with Gasteiger partial charge in [0.25, 0.3) is 5.91 Å². The average molecular weight is 428 g/mol. The normalized spacial score (nSPS) is 17.2. The van der Waals surface area contributed by atoms with Crippen LogP contribution in [0.15, 0.2) is 52.4 Å². The molecule has 1 unspecified atom stereocenters. The number of para-hydroxylation sites is 1. The molecule has 0 saturated carbocycles. The van der Waals surface area contributed by atoms with Crippen LogP contribution in [0, 0.1) is 11.6 Å². The average Bonchev–Trinajstić information content (AvgIpc) is 3.06. The first-order valence-corrected chi connectivity index (χ1v) is 10.4. The molecule has 2 aromatic carbocycles. The third-order valence-electron chi connectivity index (χ3n) is 4.71. The molecule has 6 nitrogen and oxygen atoms in total. The van der Waals surface area contributed by atoms with Gasteiger partial charge in [0.15, 0.2) is 5.17 Å². The van der Waals surface area contributed by atoms with Crippen LogP contribution in [-0.2, 0) is 9.59 Å². The van der Waals surface area contributed by atoms with E-state index in [1.54, 1.807) is 4.90 Å². The molecule has 0 radical (unpaired) electrons. The van der Waals surface area contributed by atoms with Crippen LogP contribution in [0.1, 0.15) is 25.3 Å². The number of nitrogens with zero attached hydrogens (tertiary/aromatic N) is 3. The van der Waals surface area contributed by atoms with Crippen LogP contribution < -0.4 is 5.32 Å². The second kappa shape index (κ2) is 8.35. The van der Waals surface area contributed by atoms with Crippen molar-refractivity contribution in [1.82, 2.24) is 4.90 Å². The minimum absolute atomic E-state index is 0.0895. The van der Waals surface area contributed by atoms with E-state index < -0.39 is 23.6 Å². The Bertz CT molecular complexity index is 1090. The zero-order chi connectivity index (χ0) is 21.3. The third-order valence-corrected chi connectivity index (χ3v) is 5.66. The van der Waals surface area contributed by atoms with Gasteiger partial charge in [0.1, 0.15) is 23.5 Å². The first-order chi connectivity index (χ1) is 14.5. The number of hydrogen-bond acceptors (Lipinski definition) is 5. The summed E-state index contributed by atoms with van der Waals surface area (Å²) in [4.78, 5) is 35.5. The minimum Gasteiger partial charge on any atom is -0.323 e. The quantitative estimate of drug-likeness (QED) is 0.778. The van der Waals surface area contributed by atoms with E-state index in [-0.39, 0.29) is 17.3 Å². The highest BCUT2D eigenvalue weighted by Gasteiger charge is 2.41. The molecule has 4 rings (SSSR count). The van der Waals surface area contributed by atoms with Crippen LogP contribution in [0.4, 0.5) is 20.2 Å². The highest BCUT2D eigenvalue weighted by molar-refractivity contribution is 8.14. The van der Waals surface area contributed by atoms with Crippen molar-refractivity contribution in [3.8, 4) is 0 Å². The Morgan fingerprint density at radius 1 is 1.20 bits per heavy atom. The zero-order valence-electron chi connectivity index (χ0n) is 16.1. The minimum atomic E-state index is -0.721. The van der Waals surface area contributed by atoms with Crippen LogP contribution in [0.2, 0.25) is 0 Å². The molecule has 9 heteroatoms. The molecule has 2 aromatic rings. The van der Waals surface area contributed by atoms with Gasteiger partial charge in [-0.15, -0.1) is 0 Å². The maximum absolute atomic E-state index is 13.8. The molecule has 2 aliphatic rings. The van der Waals surface area contributed by atoms with Crippen LogP contribution in [0.25, 0.3) is 0 Å². The summed E-state index contributed by atoms with van der Waals surface area (Å²) < 4.78 is 27.1. The fraction of sp³-hybridized carbons (Fsp3) is 0.238. The van der Waals surface area contributed by atoms with Gasteiger partial charge in [0.2, 0.25) is 5.91 Å². The van der Waals surface area contributed by atoms with Crippen molar-refractivity contribution < 1.29 is 18.4 Å². The Labute approximate surface area is 176 Å². The highest BCUT2D eigenvalue weighted by Crippen LogP contribution is 2.35. The lowest BCUT2D eigenvalue weighted by molar-refractivity contribution is -0.119. The maximum Gasteiger partial charge on any atom is 0.270 e. The summed E-state index contributed by atoms with van der Waals surface area (Å²) >= 11 is 1.12.